The van der Waals surface area contributed by atoms with Crippen molar-refractivity contribution in [3.8, 4) is 0 Å². The van der Waals surface area contributed by atoms with E-state index in [1.807, 2.05) is 13.8 Å². The predicted molar refractivity (Wildman–Crippen MR) is 65.1 cm³/mol. The third kappa shape index (κ3) is 2.14. The van der Waals surface area contributed by atoms with E-state index >= 15 is 0 Å². The topological polar surface area (TPSA) is 40.5 Å². The largest absolute Gasteiger partial charge is 0.393 e. The molecular formula is C14H26O2. The average Bonchev–Trinajstić information content (AvgIpc) is 2.15. The number of rotatable bonds is 1. The van der Waals surface area contributed by atoms with Crippen LogP contribution in [0.5, 0.6) is 0 Å². The van der Waals surface area contributed by atoms with E-state index in [1.54, 1.807) is 0 Å². The summed E-state index contributed by atoms with van der Waals surface area (Å²) in [5.41, 5.74) is -0.252. The Hall–Kier alpha value is -0.0800. The normalized spacial score (nSPS) is 45.2. The van der Waals surface area contributed by atoms with Crippen molar-refractivity contribution in [2.45, 2.75) is 71.0 Å². The zero-order chi connectivity index (χ0) is 12.0. The van der Waals surface area contributed by atoms with Crippen LogP contribution in [-0.2, 0) is 0 Å². The Balaban J connectivity index is 2.12. The fourth-order valence-electron chi connectivity index (χ4n) is 3.89. The molecule has 0 aromatic rings. The van der Waals surface area contributed by atoms with E-state index in [-0.39, 0.29) is 6.10 Å². The van der Waals surface area contributed by atoms with Crippen LogP contribution < -0.4 is 0 Å². The third-order valence-electron chi connectivity index (χ3n) is 5.21. The minimum atomic E-state index is -0.585. The number of hydrogen-bond acceptors (Lipinski definition) is 2. The van der Waals surface area contributed by atoms with Gasteiger partial charge in [-0.1, -0.05) is 13.3 Å². The first-order chi connectivity index (χ1) is 7.33. The molecule has 2 saturated carbocycles. The molecule has 94 valence electrons. The van der Waals surface area contributed by atoms with E-state index in [1.165, 1.54) is 19.3 Å². The maximum atomic E-state index is 10.2. The summed E-state index contributed by atoms with van der Waals surface area (Å²) in [5, 5.41) is 20.3. The summed E-state index contributed by atoms with van der Waals surface area (Å²) in [5.74, 6) is 0.768. The zero-order valence-corrected chi connectivity index (χ0v) is 10.9. The highest BCUT2D eigenvalue weighted by Gasteiger charge is 2.47. The van der Waals surface area contributed by atoms with Gasteiger partial charge in [0.15, 0.2) is 0 Å². The van der Waals surface area contributed by atoms with Crippen molar-refractivity contribution in [1.29, 1.82) is 0 Å². The molecule has 0 aromatic carbocycles. The van der Waals surface area contributed by atoms with Gasteiger partial charge >= 0.3 is 0 Å². The highest BCUT2D eigenvalue weighted by Crippen LogP contribution is 2.53. The second-order valence-corrected chi connectivity index (χ2v) is 6.85. The van der Waals surface area contributed by atoms with E-state index in [4.69, 9.17) is 0 Å². The summed E-state index contributed by atoms with van der Waals surface area (Å²) in [6, 6.07) is 0. The second kappa shape index (κ2) is 3.99. The van der Waals surface area contributed by atoms with Gasteiger partial charge in [0.1, 0.15) is 0 Å². The van der Waals surface area contributed by atoms with Gasteiger partial charge in [0.25, 0.3) is 0 Å². The van der Waals surface area contributed by atoms with Crippen molar-refractivity contribution < 1.29 is 10.2 Å². The smallest absolute Gasteiger partial charge is 0.0619 e. The average molecular weight is 226 g/mol. The lowest BCUT2D eigenvalue weighted by atomic mass is 9.55. The number of aliphatic hydroxyl groups excluding tert-OH is 1. The van der Waals surface area contributed by atoms with Crippen LogP contribution in [-0.4, -0.2) is 21.9 Å². The molecule has 2 nitrogen and oxygen atoms in total. The van der Waals surface area contributed by atoms with Crippen LogP contribution in [0.25, 0.3) is 0 Å². The Kier molecular flexibility index (Phi) is 3.09. The number of hydrogen-bond donors (Lipinski definition) is 2. The number of aliphatic hydroxyl groups is 2. The van der Waals surface area contributed by atoms with Crippen molar-refractivity contribution >= 4 is 0 Å². The monoisotopic (exact) mass is 226 g/mol. The molecule has 2 aliphatic carbocycles. The Morgan fingerprint density at radius 3 is 2.50 bits per heavy atom. The molecule has 2 aliphatic rings. The summed E-state index contributed by atoms with van der Waals surface area (Å²) in [4.78, 5) is 0. The van der Waals surface area contributed by atoms with Crippen molar-refractivity contribution in [3.63, 3.8) is 0 Å². The van der Waals surface area contributed by atoms with Crippen molar-refractivity contribution in [1.82, 2.24) is 0 Å². The van der Waals surface area contributed by atoms with Crippen LogP contribution in [0.4, 0.5) is 0 Å². The van der Waals surface area contributed by atoms with Gasteiger partial charge in [-0.3, -0.25) is 0 Å². The molecule has 0 unspecified atom stereocenters. The van der Waals surface area contributed by atoms with Gasteiger partial charge in [-0.2, -0.15) is 0 Å². The molecule has 0 saturated heterocycles. The summed E-state index contributed by atoms with van der Waals surface area (Å²) < 4.78 is 0. The molecule has 0 spiro atoms. The molecule has 2 heteroatoms. The standard InChI is InChI=1S/C14H26O2/c1-13(2,16)10-6-8-14(3)7-4-5-12(15)11(14)9-10/h10-12,15-16H,4-9H2,1-3H3/t10-,11-,12+,14-/m1/s1. The van der Waals surface area contributed by atoms with Crippen LogP contribution >= 0.6 is 0 Å². The van der Waals surface area contributed by atoms with Crippen LogP contribution in [0.15, 0.2) is 0 Å². The molecule has 0 heterocycles. The van der Waals surface area contributed by atoms with Gasteiger partial charge in [0.05, 0.1) is 11.7 Å². The van der Waals surface area contributed by atoms with Crippen LogP contribution in [0.2, 0.25) is 0 Å². The third-order valence-corrected chi connectivity index (χ3v) is 5.21. The molecule has 0 aliphatic heterocycles. The van der Waals surface area contributed by atoms with Crippen molar-refractivity contribution in [2.24, 2.45) is 17.3 Å². The Bertz CT molecular complexity index is 256. The Morgan fingerprint density at radius 2 is 1.88 bits per heavy atom. The van der Waals surface area contributed by atoms with Gasteiger partial charge in [0, 0.05) is 0 Å². The minimum absolute atomic E-state index is 0.135. The van der Waals surface area contributed by atoms with Gasteiger partial charge in [-0.15, -0.1) is 0 Å². The molecule has 0 radical (unpaired) electrons. The maximum absolute atomic E-state index is 10.2. The molecule has 4 atom stereocenters. The van der Waals surface area contributed by atoms with Gasteiger partial charge in [-0.05, 0) is 63.2 Å². The lowest BCUT2D eigenvalue weighted by molar-refractivity contribution is -0.0964. The van der Waals surface area contributed by atoms with Crippen LogP contribution in [0, 0.1) is 17.3 Å². The molecule has 2 rings (SSSR count). The second-order valence-electron chi connectivity index (χ2n) is 6.85. The molecule has 0 amide bonds. The van der Waals surface area contributed by atoms with E-state index in [0.29, 0.717) is 17.3 Å². The molecule has 16 heavy (non-hydrogen) atoms. The van der Waals surface area contributed by atoms with Gasteiger partial charge in [0.2, 0.25) is 0 Å². The molecule has 2 fully saturated rings. The lowest BCUT2D eigenvalue weighted by Crippen LogP contribution is -2.48. The fraction of sp³-hybridized carbons (Fsp3) is 1.00. The molecule has 2 N–H and O–H groups in total. The van der Waals surface area contributed by atoms with Crippen LogP contribution in [0.3, 0.4) is 0 Å². The highest BCUT2D eigenvalue weighted by atomic mass is 16.3. The van der Waals surface area contributed by atoms with E-state index < -0.39 is 5.60 Å². The van der Waals surface area contributed by atoms with Crippen molar-refractivity contribution in [2.75, 3.05) is 0 Å². The van der Waals surface area contributed by atoms with E-state index in [0.717, 1.165) is 19.3 Å². The van der Waals surface area contributed by atoms with Crippen molar-refractivity contribution in [3.05, 3.63) is 0 Å². The lowest BCUT2D eigenvalue weighted by Gasteiger charge is -2.51. The van der Waals surface area contributed by atoms with Crippen LogP contribution in [0.1, 0.15) is 59.3 Å². The Labute approximate surface area is 99.1 Å². The molecular weight excluding hydrogens is 200 g/mol. The molecule has 0 bridgehead atoms. The van der Waals surface area contributed by atoms with Gasteiger partial charge in [-0.25, -0.2) is 0 Å². The summed E-state index contributed by atoms with van der Waals surface area (Å²) in [6.07, 6.45) is 6.53. The quantitative estimate of drug-likeness (QED) is 0.721. The Morgan fingerprint density at radius 1 is 1.19 bits per heavy atom. The minimum Gasteiger partial charge on any atom is -0.393 e. The first-order valence-corrected chi connectivity index (χ1v) is 6.73. The summed E-state index contributed by atoms with van der Waals surface area (Å²) in [6.45, 7) is 6.16. The summed E-state index contributed by atoms with van der Waals surface area (Å²) >= 11 is 0. The summed E-state index contributed by atoms with van der Waals surface area (Å²) in [7, 11) is 0. The van der Waals surface area contributed by atoms with Gasteiger partial charge < -0.3 is 10.2 Å². The first-order valence-electron chi connectivity index (χ1n) is 6.73. The highest BCUT2D eigenvalue weighted by molar-refractivity contribution is 4.98. The molecule has 0 aromatic heterocycles. The number of fused-ring (bicyclic) bond motifs is 1. The maximum Gasteiger partial charge on any atom is 0.0619 e. The van der Waals surface area contributed by atoms with E-state index in [9.17, 15) is 10.2 Å². The van der Waals surface area contributed by atoms with E-state index in [2.05, 4.69) is 6.92 Å². The fourth-order valence-corrected chi connectivity index (χ4v) is 3.89. The zero-order valence-electron chi connectivity index (χ0n) is 10.9. The SMILES string of the molecule is CC(C)(O)[C@@H]1CC[C@@]2(C)CCC[C@H](O)[C@H]2C1. The first kappa shape index (κ1) is 12.4. The predicted octanol–water partition coefficient (Wildman–Crippen LogP) is 2.72.